The highest BCUT2D eigenvalue weighted by Gasteiger charge is 2.52. The molecule has 14 aromatic rings. The maximum absolute atomic E-state index is 14.5. The average molecular weight is 1740 g/mol. The van der Waals surface area contributed by atoms with E-state index in [2.05, 4.69) is 80.4 Å². The van der Waals surface area contributed by atoms with Gasteiger partial charge in [0.05, 0.1) is 82.7 Å². The fourth-order valence-electron chi connectivity index (χ4n) is 12.0. The summed E-state index contributed by atoms with van der Waals surface area (Å²) in [6.45, 7) is 17.0. The lowest BCUT2D eigenvalue weighted by Gasteiger charge is -2.32. The topological polar surface area (TPSA) is 257 Å². The molecule has 0 atom stereocenters. The molecule has 0 spiro atoms. The highest BCUT2D eigenvalue weighted by Crippen LogP contribution is 2.42. The van der Waals surface area contributed by atoms with Gasteiger partial charge in [-0.2, -0.15) is 26.3 Å². The molecule has 1 saturated heterocycles. The number of hydrogen-bond donors (Lipinski definition) is 1. The molecular weight excluding hydrogens is 1660 g/mol. The number of aryl methyl sites for hydroxylation is 1. The lowest BCUT2D eigenvalue weighted by molar-refractivity contribution is -0.138. The Morgan fingerprint density at radius 2 is 1.06 bits per heavy atom. The molecule has 1 aliphatic rings. The number of benzene rings is 9. The molecule has 1 N–H and O–H groups in total. The van der Waals surface area contributed by atoms with Crippen molar-refractivity contribution in [2.75, 3.05) is 17.6 Å². The van der Waals surface area contributed by atoms with E-state index in [1.54, 1.807) is 104 Å². The van der Waals surface area contributed by atoms with Gasteiger partial charge in [-0.15, -0.1) is 0 Å². The molecule has 20 nitrogen and oxygen atoms in total. The number of H-pyrrole nitrogens is 1. The molecule has 34 heteroatoms. The number of hydrogen-bond acceptors (Lipinski definition) is 17. The largest absolute Gasteiger partial charge is 0.495 e. The minimum atomic E-state index is -4.65. The van der Waals surface area contributed by atoms with Crippen LogP contribution in [0, 0.1) is 18.6 Å². The Kier molecular flexibility index (Phi) is 27.0. The summed E-state index contributed by atoms with van der Waals surface area (Å²) < 4.78 is 206. The molecule has 117 heavy (non-hydrogen) atoms. The first-order chi connectivity index (χ1) is 55.3. The van der Waals surface area contributed by atoms with Crippen LogP contribution in [0.5, 0.6) is 0 Å². The normalized spacial score (nSPS) is 13.5. The second kappa shape index (κ2) is 36.3. The molecule has 0 amide bonds. The van der Waals surface area contributed by atoms with Crippen LogP contribution in [-0.4, -0.2) is 114 Å². The molecule has 0 unspecified atom stereocenters. The maximum atomic E-state index is 14.5. The molecule has 6 heterocycles. The molecule has 0 aliphatic carbocycles. The molecule has 5 aromatic heterocycles. The van der Waals surface area contributed by atoms with Gasteiger partial charge >= 0.3 is 19.5 Å². The van der Waals surface area contributed by atoms with Gasteiger partial charge in [0.15, 0.2) is 19.7 Å². The van der Waals surface area contributed by atoms with E-state index >= 15 is 0 Å². The van der Waals surface area contributed by atoms with Crippen molar-refractivity contribution in [3.05, 3.63) is 301 Å². The van der Waals surface area contributed by atoms with Gasteiger partial charge in [0.1, 0.15) is 43.2 Å². The van der Waals surface area contributed by atoms with E-state index < -0.39 is 85.4 Å². The first-order valence-corrected chi connectivity index (χ1v) is 45.2. The number of halogens is 9. The number of nitrogens with one attached hydrogen (secondary N) is 1. The van der Waals surface area contributed by atoms with Crippen molar-refractivity contribution in [1.82, 2.24) is 49.4 Å². The maximum Gasteiger partial charge on any atom is 0.495 e. The number of fused-ring (bicyclic) bond motifs is 3. The number of aromatic amines is 1. The standard InChI is InChI=1S/C26H36BN3O5SSi.C25H17F3N4O2S.C22H14F4N2O2S.C7H6BrF.C3H4N2/c1-25(2)26(3,4)35-27(34-25)23-10-8-9-20-17-21(11-12-22(20)23)36(31,32)30(24-13-14-28-18-29-24)19-33-15-16-37(5,6)7;26-25(27,28)18-4-6-23(24(13-18)32-11-10-30-16-32)22-3-1-2-17-12-20(5-7-21(17)22)35(33,34)14-19-8-9-29-15-31-19;23-21-11-15(22(24,25)26)4-6-20(21)19-3-1-2-14-10-17(5-7-18(14)19)31(29,30)12-16-8-9-27-13-28-16;1-5-2-3-6(8)7(9)4-5;1-2-5-3-4-1/h8-14,17-18H,15-16,19H2,1-7H3;1-13,15-16H,14H2;1-11,13H,12H2;2-4H,1H3;1-3H,(H,4,5). The minimum absolute atomic E-state index is 0.00445. The molecule has 1 aliphatic heterocycles. The molecular formula is C83H77BBrF8N11O9S3Si. The molecule has 1 fully saturated rings. The van der Waals surface area contributed by atoms with Crippen LogP contribution >= 0.6 is 15.9 Å². The Hall–Kier alpha value is -10.8. The quantitative estimate of drug-likeness (QED) is 0.0362. The van der Waals surface area contributed by atoms with Gasteiger partial charge in [-0.1, -0.05) is 111 Å². The summed E-state index contributed by atoms with van der Waals surface area (Å²) in [6, 6.07) is 46.6. The van der Waals surface area contributed by atoms with Crippen molar-refractivity contribution in [3.8, 4) is 27.9 Å². The first-order valence-electron chi connectivity index (χ1n) is 36.0. The van der Waals surface area contributed by atoms with Gasteiger partial charge in [0, 0.05) is 75.3 Å². The molecule has 0 radical (unpaired) electrons. The molecule has 606 valence electrons. The second-order valence-corrected chi connectivity index (χ2v) is 41.3. The summed E-state index contributed by atoms with van der Waals surface area (Å²) in [4.78, 5) is 34.3. The van der Waals surface area contributed by atoms with Crippen LogP contribution in [-0.2, 0) is 67.6 Å². The zero-order valence-corrected chi connectivity index (χ0v) is 69.2. The molecule has 0 bridgehead atoms. The van der Waals surface area contributed by atoms with E-state index in [0.29, 0.717) is 72.5 Å². The van der Waals surface area contributed by atoms with Crippen molar-refractivity contribution < 1.29 is 74.4 Å². The summed E-state index contributed by atoms with van der Waals surface area (Å²) in [5.74, 6) is -1.54. The molecule has 0 saturated carbocycles. The van der Waals surface area contributed by atoms with Crippen molar-refractivity contribution in [2.24, 2.45) is 0 Å². The van der Waals surface area contributed by atoms with E-state index in [0.717, 1.165) is 52.1 Å². The first kappa shape index (κ1) is 87.0. The van der Waals surface area contributed by atoms with Crippen LogP contribution < -0.4 is 9.77 Å². The van der Waals surface area contributed by atoms with Gasteiger partial charge in [-0.3, -0.25) is 0 Å². The lowest BCUT2D eigenvalue weighted by Crippen LogP contribution is -2.41. The zero-order chi connectivity index (χ0) is 84.3. The van der Waals surface area contributed by atoms with Crippen molar-refractivity contribution in [1.29, 1.82) is 0 Å². The number of rotatable bonds is 18. The monoisotopic (exact) mass is 1740 g/mol. The number of sulfonamides is 1. The fraction of sp³-hybridized carbons (Fsp3) is 0.205. The third-order valence-corrected chi connectivity index (χ3v) is 26.2. The number of ether oxygens (including phenoxy) is 1. The van der Waals surface area contributed by atoms with Crippen LogP contribution in [0.25, 0.3) is 60.3 Å². The highest BCUT2D eigenvalue weighted by atomic mass is 79.9. The fourth-order valence-corrected chi connectivity index (χ4v) is 16.9. The summed E-state index contributed by atoms with van der Waals surface area (Å²) in [6.07, 6.45) is 8.75. The summed E-state index contributed by atoms with van der Waals surface area (Å²) in [5.41, 5.74) is 1.61. The van der Waals surface area contributed by atoms with Crippen molar-refractivity contribution in [3.63, 3.8) is 0 Å². The van der Waals surface area contributed by atoms with Crippen molar-refractivity contribution in [2.45, 2.75) is 110 Å². The van der Waals surface area contributed by atoms with Gasteiger partial charge < -0.3 is 23.6 Å². The lowest BCUT2D eigenvalue weighted by atomic mass is 9.76. The van der Waals surface area contributed by atoms with E-state index in [9.17, 15) is 60.4 Å². The van der Waals surface area contributed by atoms with E-state index in [1.807, 2.05) is 65.0 Å². The smallest absolute Gasteiger partial charge is 0.399 e. The van der Waals surface area contributed by atoms with Crippen LogP contribution in [0.2, 0.25) is 25.7 Å². The predicted octanol–water partition coefficient (Wildman–Crippen LogP) is 18.6. The van der Waals surface area contributed by atoms with Crippen LogP contribution in [0.15, 0.2) is 276 Å². The number of anilines is 1. The number of aromatic nitrogens is 10. The van der Waals surface area contributed by atoms with Gasteiger partial charge in [-0.05, 0) is 196 Å². The molecule has 15 rings (SSSR count). The highest BCUT2D eigenvalue weighted by molar-refractivity contribution is 9.10. The van der Waals surface area contributed by atoms with Crippen LogP contribution in [0.3, 0.4) is 0 Å². The van der Waals surface area contributed by atoms with Gasteiger partial charge in [0.2, 0.25) is 0 Å². The summed E-state index contributed by atoms with van der Waals surface area (Å²) in [7, 11) is -13.2. The third-order valence-electron chi connectivity index (χ3n) is 18.9. The third kappa shape index (κ3) is 21.9. The van der Waals surface area contributed by atoms with Crippen LogP contribution in [0.4, 0.5) is 40.9 Å². The Bertz CT molecular complexity index is 6120. The van der Waals surface area contributed by atoms with E-state index in [-0.39, 0.29) is 50.1 Å². The van der Waals surface area contributed by atoms with Gasteiger partial charge in [0.25, 0.3) is 10.0 Å². The SMILES string of the molecule is CC1(C)OB(c2cccc3cc(S(=O)(=O)N(COCC[Si](C)(C)C)c4ccncn4)ccc23)OC1(C)C.Cc1ccc(Br)c(F)c1.O=S(=O)(Cc1ccncn1)c1ccc2c(-c3ccc(C(F)(F)F)cc3-n3ccnc3)cccc2c1.O=S(=O)(Cc1ccncn1)c1ccc2c(-c3ccc(C(F)(F)F)cc3F)cccc2c1.c1c[nH]cn1. The van der Waals surface area contributed by atoms with Crippen molar-refractivity contribution >= 4 is 104 Å². The number of sulfone groups is 2. The zero-order valence-electron chi connectivity index (χ0n) is 64.1. The van der Waals surface area contributed by atoms with E-state index in [1.165, 1.54) is 101 Å². The number of nitrogens with zero attached hydrogens (tertiary/aromatic N) is 10. The Morgan fingerprint density at radius 1 is 0.538 bits per heavy atom. The van der Waals surface area contributed by atoms with E-state index in [4.69, 9.17) is 14.0 Å². The second-order valence-electron chi connectivity index (χ2n) is 29.0. The summed E-state index contributed by atoms with van der Waals surface area (Å²) in [5, 5.41) is 4.02. The predicted molar refractivity (Wildman–Crippen MR) is 439 cm³/mol. The number of alkyl halides is 6. The average Bonchev–Trinajstić information content (AvgIpc) is 1.12. The van der Waals surface area contributed by atoms with Gasteiger partial charge in [-0.25, -0.2) is 78.2 Å². The number of imidazole rings is 2. The Morgan fingerprint density at radius 3 is 1.54 bits per heavy atom. The molecule has 9 aromatic carbocycles. The minimum Gasteiger partial charge on any atom is -0.399 e. The van der Waals surface area contributed by atoms with Crippen LogP contribution in [0.1, 0.15) is 55.8 Å². The Balaban J connectivity index is 0.000000159. The Labute approximate surface area is 680 Å². The summed E-state index contributed by atoms with van der Waals surface area (Å²) >= 11 is 3.05.